The third kappa shape index (κ3) is 2.47. The van der Waals surface area contributed by atoms with E-state index in [-0.39, 0.29) is 0 Å². The molecule has 2 aliphatic rings. The van der Waals surface area contributed by atoms with Crippen LogP contribution in [0.5, 0.6) is 17.2 Å². The van der Waals surface area contributed by atoms with E-state index < -0.39 is 0 Å². The molecule has 4 nitrogen and oxygen atoms in total. The molecule has 0 aliphatic carbocycles. The third-order valence-corrected chi connectivity index (χ3v) is 3.24. The molecule has 2 heterocycles. The van der Waals surface area contributed by atoms with Gasteiger partial charge in [0.15, 0.2) is 11.5 Å². The highest BCUT2D eigenvalue weighted by molar-refractivity contribution is 5.46. The van der Waals surface area contributed by atoms with Gasteiger partial charge in [-0.2, -0.15) is 0 Å². The summed E-state index contributed by atoms with van der Waals surface area (Å²) < 4.78 is 16.3. The van der Waals surface area contributed by atoms with Crippen molar-refractivity contribution in [1.29, 1.82) is 0 Å². The van der Waals surface area contributed by atoms with Gasteiger partial charge in [0.05, 0.1) is 6.61 Å². The van der Waals surface area contributed by atoms with Gasteiger partial charge in [-0.1, -0.05) is 0 Å². The highest BCUT2D eigenvalue weighted by Crippen LogP contribution is 2.35. The highest BCUT2D eigenvalue weighted by atomic mass is 16.7. The predicted molar refractivity (Wildman–Crippen MR) is 63.7 cm³/mol. The van der Waals surface area contributed by atoms with Crippen LogP contribution in [0.3, 0.4) is 0 Å². The number of fused-ring (bicyclic) bond motifs is 1. The molecule has 1 atom stereocenters. The first-order valence-electron chi connectivity index (χ1n) is 6.18. The molecule has 1 aromatic carbocycles. The van der Waals surface area contributed by atoms with Crippen molar-refractivity contribution in [2.45, 2.75) is 25.3 Å². The first-order valence-corrected chi connectivity index (χ1v) is 6.18. The van der Waals surface area contributed by atoms with Crippen molar-refractivity contribution in [3.05, 3.63) is 18.2 Å². The summed E-state index contributed by atoms with van der Waals surface area (Å²) in [4.78, 5) is 0. The fourth-order valence-electron chi connectivity index (χ4n) is 2.29. The van der Waals surface area contributed by atoms with Crippen molar-refractivity contribution in [3.63, 3.8) is 0 Å². The summed E-state index contributed by atoms with van der Waals surface area (Å²) in [5.74, 6) is 2.43. The number of hydrogen-bond acceptors (Lipinski definition) is 4. The highest BCUT2D eigenvalue weighted by Gasteiger charge is 2.15. The van der Waals surface area contributed by atoms with E-state index in [9.17, 15) is 0 Å². The molecule has 4 heteroatoms. The van der Waals surface area contributed by atoms with Crippen molar-refractivity contribution in [3.8, 4) is 17.2 Å². The zero-order chi connectivity index (χ0) is 11.5. The van der Waals surface area contributed by atoms with Gasteiger partial charge in [-0.15, -0.1) is 0 Å². The summed E-state index contributed by atoms with van der Waals surface area (Å²) in [6, 6.07) is 6.34. The Bertz CT molecular complexity index is 388. The van der Waals surface area contributed by atoms with E-state index in [0.717, 1.165) is 36.8 Å². The Morgan fingerprint density at radius 3 is 3.12 bits per heavy atom. The molecule has 1 fully saturated rings. The molecular weight excluding hydrogens is 218 g/mol. The van der Waals surface area contributed by atoms with Gasteiger partial charge in [0.25, 0.3) is 0 Å². The molecule has 3 rings (SSSR count). The Hall–Kier alpha value is -1.42. The smallest absolute Gasteiger partial charge is 0.231 e. The second kappa shape index (κ2) is 4.84. The van der Waals surface area contributed by atoms with E-state index in [1.54, 1.807) is 0 Å². The fraction of sp³-hybridized carbons (Fsp3) is 0.538. The molecule has 92 valence electrons. The number of benzene rings is 1. The third-order valence-electron chi connectivity index (χ3n) is 3.24. The Labute approximate surface area is 101 Å². The Balaban J connectivity index is 1.51. The maximum atomic E-state index is 5.72. The van der Waals surface area contributed by atoms with Crippen LogP contribution in [0.25, 0.3) is 0 Å². The maximum Gasteiger partial charge on any atom is 0.231 e. The Morgan fingerprint density at radius 1 is 1.29 bits per heavy atom. The molecule has 0 spiro atoms. The van der Waals surface area contributed by atoms with Crippen LogP contribution >= 0.6 is 0 Å². The number of hydrogen-bond donors (Lipinski definition) is 1. The molecule has 17 heavy (non-hydrogen) atoms. The lowest BCUT2D eigenvalue weighted by atomic mass is 10.2. The summed E-state index contributed by atoms with van der Waals surface area (Å²) >= 11 is 0. The van der Waals surface area contributed by atoms with Gasteiger partial charge < -0.3 is 19.5 Å². The average molecular weight is 235 g/mol. The lowest BCUT2D eigenvalue weighted by Crippen LogP contribution is -2.23. The van der Waals surface area contributed by atoms with Gasteiger partial charge in [0.1, 0.15) is 5.75 Å². The first kappa shape index (κ1) is 10.7. The second-order valence-electron chi connectivity index (χ2n) is 4.45. The summed E-state index contributed by atoms with van der Waals surface area (Å²) in [6.07, 6.45) is 3.62. The summed E-state index contributed by atoms with van der Waals surface area (Å²) in [6.45, 7) is 2.21. The summed E-state index contributed by atoms with van der Waals surface area (Å²) in [7, 11) is 0. The van der Waals surface area contributed by atoms with Crippen molar-refractivity contribution < 1.29 is 14.2 Å². The lowest BCUT2D eigenvalue weighted by Gasteiger charge is -2.11. The van der Waals surface area contributed by atoms with Crippen molar-refractivity contribution in [2.24, 2.45) is 0 Å². The van der Waals surface area contributed by atoms with Crippen LogP contribution in [0.1, 0.15) is 19.3 Å². The summed E-state index contributed by atoms with van der Waals surface area (Å²) in [5, 5.41) is 3.46. The van der Waals surface area contributed by atoms with E-state index in [1.807, 2.05) is 18.2 Å². The molecule has 1 unspecified atom stereocenters. The monoisotopic (exact) mass is 235 g/mol. The van der Waals surface area contributed by atoms with Crippen LogP contribution in [0.4, 0.5) is 0 Å². The average Bonchev–Trinajstić information content (AvgIpc) is 2.98. The van der Waals surface area contributed by atoms with Crippen LogP contribution < -0.4 is 19.5 Å². The van der Waals surface area contributed by atoms with Crippen LogP contribution in [-0.2, 0) is 0 Å². The van der Waals surface area contributed by atoms with Gasteiger partial charge >= 0.3 is 0 Å². The molecule has 1 N–H and O–H groups in total. The summed E-state index contributed by atoms with van der Waals surface area (Å²) in [5.41, 5.74) is 0. The molecule has 0 bridgehead atoms. The zero-order valence-corrected chi connectivity index (χ0v) is 9.78. The molecule has 0 radical (unpaired) electrons. The van der Waals surface area contributed by atoms with Crippen LogP contribution in [-0.4, -0.2) is 26.0 Å². The van der Waals surface area contributed by atoms with Crippen molar-refractivity contribution in [1.82, 2.24) is 5.32 Å². The molecule has 0 amide bonds. The Kier molecular flexibility index (Phi) is 3.05. The Morgan fingerprint density at radius 2 is 2.24 bits per heavy atom. The molecule has 0 saturated carbocycles. The minimum atomic E-state index is 0.310. The topological polar surface area (TPSA) is 39.7 Å². The minimum Gasteiger partial charge on any atom is -0.493 e. The SMILES string of the molecule is c1cc2c(cc1OCCC1CCCN1)OCO2. The predicted octanol–water partition coefficient (Wildman–Crippen LogP) is 1.94. The molecule has 1 saturated heterocycles. The minimum absolute atomic E-state index is 0.310. The number of ether oxygens (including phenoxy) is 3. The lowest BCUT2D eigenvalue weighted by molar-refractivity contribution is 0.173. The quantitative estimate of drug-likeness (QED) is 0.865. The standard InChI is InChI=1S/C13H17NO3/c1-2-10(14-6-1)5-7-15-11-3-4-12-13(8-11)17-9-16-12/h3-4,8,10,14H,1-2,5-7,9H2. The van der Waals surface area contributed by atoms with E-state index in [2.05, 4.69) is 5.32 Å². The van der Waals surface area contributed by atoms with Gasteiger partial charge in [0.2, 0.25) is 6.79 Å². The number of rotatable bonds is 4. The number of nitrogens with one attached hydrogen (secondary N) is 1. The van der Waals surface area contributed by atoms with E-state index >= 15 is 0 Å². The van der Waals surface area contributed by atoms with E-state index in [0.29, 0.717) is 12.8 Å². The second-order valence-corrected chi connectivity index (χ2v) is 4.45. The van der Waals surface area contributed by atoms with Gasteiger partial charge in [-0.05, 0) is 37.9 Å². The molecule has 2 aliphatic heterocycles. The normalized spacial score (nSPS) is 21.8. The van der Waals surface area contributed by atoms with E-state index in [1.165, 1.54) is 12.8 Å². The first-order chi connectivity index (χ1) is 8.42. The van der Waals surface area contributed by atoms with Crippen molar-refractivity contribution >= 4 is 0 Å². The maximum absolute atomic E-state index is 5.72. The van der Waals surface area contributed by atoms with Gasteiger partial charge in [0, 0.05) is 12.1 Å². The van der Waals surface area contributed by atoms with Crippen LogP contribution in [0.2, 0.25) is 0 Å². The molecule has 0 aromatic heterocycles. The van der Waals surface area contributed by atoms with Crippen LogP contribution in [0, 0.1) is 0 Å². The van der Waals surface area contributed by atoms with Gasteiger partial charge in [-0.3, -0.25) is 0 Å². The molecular formula is C13H17NO3. The van der Waals surface area contributed by atoms with E-state index in [4.69, 9.17) is 14.2 Å². The fourth-order valence-corrected chi connectivity index (χ4v) is 2.29. The van der Waals surface area contributed by atoms with Gasteiger partial charge in [-0.25, -0.2) is 0 Å². The molecule has 1 aromatic rings. The van der Waals surface area contributed by atoms with Crippen LogP contribution in [0.15, 0.2) is 18.2 Å². The van der Waals surface area contributed by atoms with Crippen molar-refractivity contribution in [2.75, 3.05) is 19.9 Å². The zero-order valence-electron chi connectivity index (χ0n) is 9.78. The largest absolute Gasteiger partial charge is 0.493 e.